The van der Waals surface area contributed by atoms with E-state index in [0.717, 1.165) is 31.8 Å². The molecular weight excluding hydrogens is 324 g/mol. The van der Waals surface area contributed by atoms with Gasteiger partial charge in [-0.3, -0.25) is 4.90 Å². The first-order chi connectivity index (χ1) is 10.5. The van der Waals surface area contributed by atoms with Crippen LogP contribution in [0.25, 0.3) is 0 Å². The number of nitrogens with one attached hydrogen (secondary N) is 1. The molecule has 0 aromatic carbocycles. The number of aromatic nitrogens is 2. The van der Waals surface area contributed by atoms with Crippen LogP contribution < -0.4 is 5.32 Å². The Kier molecular flexibility index (Phi) is 4.77. The third kappa shape index (κ3) is 3.48. The monoisotopic (exact) mass is 346 g/mol. The third-order valence-electron chi connectivity index (χ3n) is 4.73. The van der Waals surface area contributed by atoms with Crippen molar-refractivity contribution < 1.29 is 8.42 Å². The molecule has 2 aliphatic rings. The number of piperidine rings is 1. The number of likely N-dealkylation sites (tertiary alicyclic amines) is 1. The molecule has 2 saturated heterocycles. The molecule has 3 rings (SSSR count). The lowest BCUT2D eigenvalue weighted by Crippen LogP contribution is -2.50. The average Bonchev–Trinajstić information content (AvgIpc) is 2.98. The molecule has 0 unspecified atom stereocenters. The van der Waals surface area contributed by atoms with Crippen molar-refractivity contribution in [1.29, 1.82) is 0 Å². The van der Waals surface area contributed by atoms with Crippen LogP contribution in [0.4, 0.5) is 0 Å². The molecule has 3 heterocycles. The summed E-state index contributed by atoms with van der Waals surface area (Å²) in [6, 6.07) is 0.0552. The van der Waals surface area contributed by atoms with E-state index in [4.69, 9.17) is 11.6 Å². The molecule has 22 heavy (non-hydrogen) atoms. The molecule has 0 amide bonds. The van der Waals surface area contributed by atoms with E-state index in [1.165, 1.54) is 6.42 Å². The molecule has 0 bridgehead atoms. The lowest BCUT2D eigenvalue weighted by Gasteiger charge is -2.35. The number of nitrogens with zero attached hydrogens (tertiary/aromatic N) is 3. The highest BCUT2D eigenvalue weighted by atomic mass is 35.5. The van der Waals surface area contributed by atoms with Gasteiger partial charge in [-0.15, -0.1) is 0 Å². The lowest BCUT2D eigenvalue weighted by atomic mass is 10.1. The summed E-state index contributed by atoms with van der Waals surface area (Å²) in [5.74, 6) is 1.31. The normalized spacial score (nSPS) is 29.0. The van der Waals surface area contributed by atoms with E-state index in [1.807, 2.05) is 11.6 Å². The summed E-state index contributed by atoms with van der Waals surface area (Å²) in [6.45, 7) is 2.55. The van der Waals surface area contributed by atoms with Crippen LogP contribution in [0, 0.1) is 0 Å². The van der Waals surface area contributed by atoms with Gasteiger partial charge in [0.2, 0.25) is 0 Å². The van der Waals surface area contributed by atoms with Crippen molar-refractivity contribution in [3.05, 3.63) is 17.2 Å². The van der Waals surface area contributed by atoms with Crippen molar-refractivity contribution in [2.24, 2.45) is 7.05 Å². The number of hydrogen-bond donors (Lipinski definition) is 1. The first-order valence-corrected chi connectivity index (χ1v) is 10.0. The predicted octanol–water partition coefficient (Wildman–Crippen LogP) is 0.815. The standard InChI is InChI=1S/C14H23ClN4O2S/c1-18-13(15)7-17-14(18)8-16-11-9-22(20,21)10-12(11)19-5-3-2-4-6-19/h7,11-12,16H,2-6,8-10H2,1H3/t11-,12+/m0/s1. The van der Waals surface area contributed by atoms with Gasteiger partial charge in [0.05, 0.1) is 24.2 Å². The molecule has 6 nitrogen and oxygen atoms in total. The maximum Gasteiger partial charge on any atom is 0.153 e. The largest absolute Gasteiger partial charge is 0.321 e. The quantitative estimate of drug-likeness (QED) is 0.874. The second kappa shape index (κ2) is 6.47. The van der Waals surface area contributed by atoms with Crippen molar-refractivity contribution in [3.8, 4) is 0 Å². The Morgan fingerprint density at radius 1 is 1.32 bits per heavy atom. The summed E-state index contributed by atoms with van der Waals surface area (Å²) in [5, 5.41) is 3.98. The molecule has 0 radical (unpaired) electrons. The fourth-order valence-corrected chi connectivity index (χ4v) is 5.58. The van der Waals surface area contributed by atoms with Crippen LogP contribution in [-0.4, -0.2) is 59.5 Å². The Balaban J connectivity index is 1.68. The van der Waals surface area contributed by atoms with Gasteiger partial charge in [0.1, 0.15) is 11.0 Å². The van der Waals surface area contributed by atoms with Gasteiger partial charge in [-0.25, -0.2) is 13.4 Å². The molecule has 8 heteroatoms. The lowest BCUT2D eigenvalue weighted by molar-refractivity contribution is 0.154. The van der Waals surface area contributed by atoms with Crippen LogP contribution in [0.15, 0.2) is 6.20 Å². The van der Waals surface area contributed by atoms with E-state index in [9.17, 15) is 8.42 Å². The Morgan fingerprint density at radius 2 is 2.05 bits per heavy atom. The summed E-state index contributed by atoms with van der Waals surface area (Å²) in [7, 11) is -1.10. The summed E-state index contributed by atoms with van der Waals surface area (Å²) in [4.78, 5) is 6.60. The van der Waals surface area contributed by atoms with Gasteiger partial charge in [-0.05, 0) is 25.9 Å². The Hall–Kier alpha value is -0.630. The number of sulfone groups is 1. The van der Waals surface area contributed by atoms with Crippen LogP contribution in [0.1, 0.15) is 25.1 Å². The minimum Gasteiger partial charge on any atom is -0.321 e. The second-order valence-electron chi connectivity index (χ2n) is 6.28. The highest BCUT2D eigenvalue weighted by molar-refractivity contribution is 7.91. The van der Waals surface area contributed by atoms with Gasteiger partial charge in [-0.2, -0.15) is 0 Å². The highest BCUT2D eigenvalue weighted by Gasteiger charge is 2.40. The van der Waals surface area contributed by atoms with E-state index in [-0.39, 0.29) is 23.6 Å². The SMILES string of the molecule is Cn1c(Cl)cnc1CN[C@H]1CS(=O)(=O)C[C@H]1N1CCCCC1. The number of rotatable bonds is 4. The minimum atomic E-state index is -2.96. The van der Waals surface area contributed by atoms with Crippen LogP contribution in [-0.2, 0) is 23.4 Å². The summed E-state index contributed by atoms with van der Waals surface area (Å²) in [6.07, 6.45) is 5.20. The van der Waals surface area contributed by atoms with Gasteiger partial charge >= 0.3 is 0 Å². The molecule has 0 saturated carbocycles. The van der Waals surface area contributed by atoms with Gasteiger partial charge < -0.3 is 9.88 Å². The Morgan fingerprint density at radius 3 is 2.68 bits per heavy atom. The average molecular weight is 347 g/mol. The molecule has 2 atom stereocenters. The summed E-state index contributed by atoms with van der Waals surface area (Å²) >= 11 is 5.99. The molecule has 0 aliphatic carbocycles. The van der Waals surface area contributed by atoms with E-state index in [2.05, 4.69) is 15.2 Å². The zero-order chi connectivity index (χ0) is 15.7. The van der Waals surface area contributed by atoms with E-state index in [0.29, 0.717) is 11.7 Å². The van der Waals surface area contributed by atoms with Gasteiger partial charge in [0.15, 0.2) is 9.84 Å². The molecule has 2 fully saturated rings. The first-order valence-electron chi connectivity index (χ1n) is 7.80. The van der Waals surface area contributed by atoms with Crippen molar-refractivity contribution in [2.45, 2.75) is 37.9 Å². The number of imidazole rings is 1. The molecular formula is C14H23ClN4O2S. The maximum absolute atomic E-state index is 12.1. The molecule has 2 aliphatic heterocycles. The van der Waals surface area contributed by atoms with Gasteiger partial charge in [-0.1, -0.05) is 18.0 Å². The first kappa shape index (κ1) is 16.2. The Bertz CT molecular complexity index is 625. The summed E-state index contributed by atoms with van der Waals surface area (Å²) < 4.78 is 25.9. The molecule has 1 aromatic rings. The molecule has 1 N–H and O–H groups in total. The fraction of sp³-hybridized carbons (Fsp3) is 0.786. The van der Waals surface area contributed by atoms with Crippen molar-refractivity contribution >= 4 is 21.4 Å². The minimum absolute atomic E-state index is 0.0291. The van der Waals surface area contributed by atoms with E-state index >= 15 is 0 Å². The molecule has 0 spiro atoms. The van der Waals surface area contributed by atoms with Gasteiger partial charge in [0, 0.05) is 19.1 Å². The number of halogens is 1. The number of hydrogen-bond acceptors (Lipinski definition) is 5. The zero-order valence-electron chi connectivity index (χ0n) is 12.8. The van der Waals surface area contributed by atoms with Gasteiger partial charge in [0.25, 0.3) is 0 Å². The van der Waals surface area contributed by atoms with Crippen molar-refractivity contribution in [3.63, 3.8) is 0 Å². The fourth-order valence-electron chi connectivity index (χ4n) is 3.44. The van der Waals surface area contributed by atoms with Crippen LogP contribution >= 0.6 is 11.6 Å². The van der Waals surface area contributed by atoms with Crippen molar-refractivity contribution in [1.82, 2.24) is 19.8 Å². The second-order valence-corrected chi connectivity index (χ2v) is 8.83. The van der Waals surface area contributed by atoms with E-state index in [1.54, 1.807) is 6.20 Å². The smallest absolute Gasteiger partial charge is 0.153 e. The summed E-state index contributed by atoms with van der Waals surface area (Å²) in [5.41, 5.74) is 0. The van der Waals surface area contributed by atoms with E-state index < -0.39 is 9.84 Å². The van der Waals surface area contributed by atoms with Crippen LogP contribution in [0.3, 0.4) is 0 Å². The van der Waals surface area contributed by atoms with Crippen LogP contribution in [0.2, 0.25) is 5.15 Å². The van der Waals surface area contributed by atoms with Crippen molar-refractivity contribution in [2.75, 3.05) is 24.6 Å². The zero-order valence-corrected chi connectivity index (χ0v) is 14.4. The van der Waals surface area contributed by atoms with Crippen LogP contribution in [0.5, 0.6) is 0 Å². The topological polar surface area (TPSA) is 67.2 Å². The molecule has 1 aromatic heterocycles. The Labute approximate surface area is 136 Å². The highest BCUT2D eigenvalue weighted by Crippen LogP contribution is 2.22. The predicted molar refractivity (Wildman–Crippen MR) is 86.7 cm³/mol. The maximum atomic E-state index is 12.1. The molecule has 124 valence electrons. The third-order valence-corrected chi connectivity index (χ3v) is 6.80.